The molecule has 0 unspecified atom stereocenters. The van der Waals surface area contributed by atoms with Crippen LogP contribution in [0.15, 0.2) is 176 Å². The van der Waals surface area contributed by atoms with Gasteiger partial charge in [-0.1, -0.05) is 158 Å². The summed E-state index contributed by atoms with van der Waals surface area (Å²) >= 11 is 0. The second kappa shape index (κ2) is 10.6. The lowest BCUT2D eigenvalue weighted by Crippen LogP contribution is -2.25. The van der Waals surface area contributed by atoms with Crippen LogP contribution in [0.25, 0.3) is 78.0 Å². The van der Waals surface area contributed by atoms with Crippen LogP contribution >= 0.6 is 0 Å². The lowest BCUT2D eigenvalue weighted by molar-refractivity contribution is 0.794. The van der Waals surface area contributed by atoms with Gasteiger partial charge in [-0.15, -0.1) is 0 Å². The van der Waals surface area contributed by atoms with Crippen molar-refractivity contribution in [3.05, 3.63) is 198 Å². The fourth-order valence-corrected chi connectivity index (χ4v) is 8.66. The van der Waals surface area contributed by atoms with Crippen molar-refractivity contribution in [1.82, 2.24) is 15.0 Å². The largest absolute Gasteiger partial charge is 0.208 e. The quantitative estimate of drug-likeness (QED) is 0.192. The molecule has 2 aliphatic rings. The first-order chi connectivity index (χ1) is 25.3. The summed E-state index contributed by atoms with van der Waals surface area (Å²) < 4.78 is 0. The molecule has 3 nitrogen and oxygen atoms in total. The lowest BCUT2D eigenvalue weighted by atomic mass is 9.70. The highest BCUT2D eigenvalue weighted by Gasteiger charge is 2.51. The van der Waals surface area contributed by atoms with Crippen LogP contribution in [0.3, 0.4) is 0 Å². The van der Waals surface area contributed by atoms with E-state index in [2.05, 4.69) is 176 Å². The summed E-state index contributed by atoms with van der Waals surface area (Å²) in [6.07, 6.45) is 0. The van der Waals surface area contributed by atoms with E-state index in [1.165, 1.54) is 55.3 Å². The number of rotatable bonds is 3. The molecule has 0 fully saturated rings. The highest BCUT2D eigenvalue weighted by molar-refractivity contribution is 5.96. The van der Waals surface area contributed by atoms with E-state index < -0.39 is 0 Å². The minimum atomic E-state index is -0.386. The van der Waals surface area contributed by atoms with E-state index in [4.69, 9.17) is 15.0 Å². The van der Waals surface area contributed by atoms with E-state index in [9.17, 15) is 0 Å². The fourth-order valence-electron chi connectivity index (χ4n) is 8.66. The maximum atomic E-state index is 5.19. The van der Waals surface area contributed by atoms with Crippen molar-refractivity contribution in [2.24, 2.45) is 0 Å². The third kappa shape index (κ3) is 4.03. The van der Waals surface area contributed by atoms with Crippen molar-refractivity contribution in [2.45, 2.75) is 5.41 Å². The third-order valence-corrected chi connectivity index (χ3v) is 10.9. The predicted octanol–water partition coefficient (Wildman–Crippen LogP) is 11.5. The molecule has 0 atom stereocenters. The average molecular weight is 648 g/mol. The molecular formula is C48H29N3. The molecular weight excluding hydrogens is 619 g/mol. The SMILES string of the molecule is c1ccc2c(c1)-c1ccccc1C21c2ccccc2-c2cc(-c3nc(-c4ccc5ccccc5c4)nc(-c4ccc5ccccc5c4)n3)ccc21. The molecule has 236 valence electrons. The Morgan fingerprint density at radius 3 is 1.12 bits per heavy atom. The Hall–Kier alpha value is -6.71. The van der Waals surface area contributed by atoms with Crippen LogP contribution in [0.4, 0.5) is 0 Å². The van der Waals surface area contributed by atoms with Gasteiger partial charge in [-0.2, -0.15) is 0 Å². The zero-order valence-corrected chi connectivity index (χ0v) is 27.6. The van der Waals surface area contributed by atoms with E-state index in [0.29, 0.717) is 17.5 Å². The number of benzene rings is 8. The molecule has 3 heteroatoms. The minimum Gasteiger partial charge on any atom is -0.208 e. The van der Waals surface area contributed by atoms with Gasteiger partial charge in [-0.25, -0.2) is 15.0 Å². The van der Waals surface area contributed by atoms with Crippen molar-refractivity contribution >= 4 is 21.5 Å². The van der Waals surface area contributed by atoms with E-state index >= 15 is 0 Å². The minimum absolute atomic E-state index is 0.386. The molecule has 1 aromatic heterocycles. The second-order valence-corrected chi connectivity index (χ2v) is 13.6. The van der Waals surface area contributed by atoms with Crippen LogP contribution in [-0.4, -0.2) is 15.0 Å². The molecule has 0 saturated heterocycles. The summed E-state index contributed by atoms with van der Waals surface area (Å²) in [5, 5.41) is 4.68. The zero-order chi connectivity index (χ0) is 33.5. The normalized spacial score (nSPS) is 13.3. The molecule has 0 N–H and O–H groups in total. The molecule has 9 aromatic rings. The first-order valence-electron chi connectivity index (χ1n) is 17.4. The number of hydrogen-bond donors (Lipinski definition) is 0. The number of nitrogens with zero attached hydrogens (tertiary/aromatic N) is 3. The molecule has 8 aromatic carbocycles. The second-order valence-electron chi connectivity index (χ2n) is 13.6. The molecule has 0 aliphatic heterocycles. The maximum Gasteiger partial charge on any atom is 0.164 e. The third-order valence-electron chi connectivity index (χ3n) is 10.9. The molecule has 11 rings (SSSR count). The number of fused-ring (bicyclic) bond motifs is 12. The monoisotopic (exact) mass is 647 g/mol. The Labute approximate surface area is 295 Å². The molecule has 0 saturated carbocycles. The van der Waals surface area contributed by atoms with Gasteiger partial charge >= 0.3 is 0 Å². The Bertz CT molecular complexity index is 2740. The topological polar surface area (TPSA) is 38.7 Å². The predicted molar refractivity (Wildman–Crippen MR) is 207 cm³/mol. The summed E-state index contributed by atoms with van der Waals surface area (Å²) in [6.45, 7) is 0. The summed E-state index contributed by atoms with van der Waals surface area (Å²) in [7, 11) is 0. The van der Waals surface area contributed by atoms with Crippen LogP contribution in [0.1, 0.15) is 22.3 Å². The van der Waals surface area contributed by atoms with E-state index in [1.54, 1.807) is 0 Å². The van der Waals surface area contributed by atoms with E-state index in [0.717, 1.165) is 27.5 Å². The van der Waals surface area contributed by atoms with Gasteiger partial charge in [0.25, 0.3) is 0 Å². The smallest absolute Gasteiger partial charge is 0.164 e. The zero-order valence-electron chi connectivity index (χ0n) is 27.6. The van der Waals surface area contributed by atoms with Gasteiger partial charge in [0.1, 0.15) is 0 Å². The molecule has 0 amide bonds. The van der Waals surface area contributed by atoms with Gasteiger partial charge in [0.15, 0.2) is 17.5 Å². The first kappa shape index (κ1) is 28.2. The first-order valence-corrected chi connectivity index (χ1v) is 17.4. The Balaban J connectivity index is 1.14. The van der Waals surface area contributed by atoms with Crippen LogP contribution in [0.5, 0.6) is 0 Å². The van der Waals surface area contributed by atoms with E-state index in [-0.39, 0.29) is 5.41 Å². The fraction of sp³-hybridized carbons (Fsp3) is 0.0208. The molecule has 1 spiro atoms. The average Bonchev–Trinajstić information content (AvgIpc) is 3.67. The summed E-state index contributed by atoms with van der Waals surface area (Å²) in [5.41, 5.74) is 12.9. The van der Waals surface area contributed by atoms with Crippen molar-refractivity contribution < 1.29 is 0 Å². The molecule has 2 aliphatic carbocycles. The van der Waals surface area contributed by atoms with E-state index in [1.807, 2.05) is 0 Å². The standard InChI is InChI=1S/C48H29N3/c1-3-13-32-27-34(23-21-30(32)11-1)45-49-46(35-24-22-31-12-2-4-14-33(31)28-35)51-47(50-45)36-25-26-44-40(29-36)39-17-7-10-20-43(39)48(44)41-18-8-5-15-37(41)38-16-6-9-19-42(38)48/h1-29H. The van der Waals surface area contributed by atoms with Crippen LogP contribution in [0, 0.1) is 0 Å². The Kier molecular flexibility index (Phi) is 5.88. The van der Waals surface area contributed by atoms with Gasteiger partial charge in [0.2, 0.25) is 0 Å². The van der Waals surface area contributed by atoms with Crippen molar-refractivity contribution in [2.75, 3.05) is 0 Å². The highest BCUT2D eigenvalue weighted by Crippen LogP contribution is 2.62. The van der Waals surface area contributed by atoms with Crippen molar-refractivity contribution in [3.8, 4) is 56.4 Å². The van der Waals surface area contributed by atoms with Gasteiger partial charge in [-0.3, -0.25) is 0 Å². The summed E-state index contributed by atoms with van der Waals surface area (Å²) in [6, 6.07) is 63.3. The van der Waals surface area contributed by atoms with Crippen LogP contribution < -0.4 is 0 Å². The molecule has 0 radical (unpaired) electrons. The number of hydrogen-bond acceptors (Lipinski definition) is 3. The highest BCUT2D eigenvalue weighted by atomic mass is 15.0. The van der Waals surface area contributed by atoms with Crippen LogP contribution in [0.2, 0.25) is 0 Å². The number of aromatic nitrogens is 3. The van der Waals surface area contributed by atoms with Gasteiger partial charge in [-0.05, 0) is 84.3 Å². The van der Waals surface area contributed by atoms with Crippen molar-refractivity contribution in [3.63, 3.8) is 0 Å². The Morgan fingerprint density at radius 2 is 0.627 bits per heavy atom. The van der Waals surface area contributed by atoms with Crippen molar-refractivity contribution in [1.29, 1.82) is 0 Å². The summed E-state index contributed by atoms with van der Waals surface area (Å²) in [5.74, 6) is 1.97. The van der Waals surface area contributed by atoms with Crippen LogP contribution in [-0.2, 0) is 5.41 Å². The van der Waals surface area contributed by atoms with Gasteiger partial charge < -0.3 is 0 Å². The molecule has 0 bridgehead atoms. The van der Waals surface area contributed by atoms with Gasteiger partial charge in [0, 0.05) is 16.7 Å². The lowest BCUT2D eigenvalue weighted by Gasteiger charge is -2.30. The summed E-state index contributed by atoms with van der Waals surface area (Å²) in [4.78, 5) is 15.5. The molecule has 51 heavy (non-hydrogen) atoms. The maximum absolute atomic E-state index is 5.19. The Morgan fingerprint density at radius 1 is 0.275 bits per heavy atom. The molecule has 1 heterocycles. The van der Waals surface area contributed by atoms with Gasteiger partial charge in [0.05, 0.1) is 5.41 Å².